The lowest BCUT2D eigenvalue weighted by Gasteiger charge is -2.30. The molecule has 8 heteroatoms. The largest absolute Gasteiger partial charge is 0.350 e. The van der Waals surface area contributed by atoms with Gasteiger partial charge >= 0.3 is 5.69 Å². The molecule has 0 heterocycles. The van der Waals surface area contributed by atoms with E-state index in [-0.39, 0.29) is 17.4 Å². The summed E-state index contributed by atoms with van der Waals surface area (Å²) in [7, 11) is 0. The Morgan fingerprint density at radius 3 is 2.55 bits per heavy atom. The Bertz CT molecular complexity index is 943. The quantitative estimate of drug-likeness (QED) is 0.354. The molecule has 2 atom stereocenters. The number of nitrogens with zero attached hydrogens (tertiary/aromatic N) is 3. The second kappa shape index (κ2) is 9.09. The van der Waals surface area contributed by atoms with Crippen LogP contribution in [0.5, 0.6) is 5.75 Å². The Hall–Kier alpha value is -3.55. The number of non-ortho nitro benzene ring substituents is 1. The van der Waals surface area contributed by atoms with Crippen LogP contribution in [0.1, 0.15) is 37.2 Å². The van der Waals surface area contributed by atoms with E-state index in [4.69, 9.17) is 4.84 Å². The first-order valence-corrected chi connectivity index (χ1v) is 9.32. The van der Waals surface area contributed by atoms with Gasteiger partial charge in [-0.1, -0.05) is 41.6 Å². The molecule has 2 aromatic rings. The van der Waals surface area contributed by atoms with Gasteiger partial charge in [-0.05, 0) is 43.2 Å². The molecular formula is C21H21N3O5. The molecule has 8 nitrogen and oxygen atoms in total. The van der Waals surface area contributed by atoms with Crippen LogP contribution in [0, 0.1) is 26.1 Å². The summed E-state index contributed by atoms with van der Waals surface area (Å²) in [5.41, 5.74) is 1.25. The average Bonchev–Trinajstić information content (AvgIpc) is 2.73. The number of hydrogen-bond donors (Lipinski definition) is 0. The fraction of sp³-hybridized carbons (Fsp3) is 0.286. The molecule has 1 saturated carbocycles. The van der Waals surface area contributed by atoms with Gasteiger partial charge in [0.15, 0.2) is 0 Å². The number of benzene rings is 2. The second-order valence-electron chi connectivity index (χ2n) is 6.94. The molecule has 1 aliphatic rings. The van der Waals surface area contributed by atoms with Crippen molar-refractivity contribution in [2.45, 2.75) is 31.6 Å². The molecule has 3 rings (SSSR count). The summed E-state index contributed by atoms with van der Waals surface area (Å²) < 4.78 is 0. The molecular weight excluding hydrogens is 374 g/mol. The van der Waals surface area contributed by atoms with Crippen LogP contribution in [0.2, 0.25) is 0 Å². The summed E-state index contributed by atoms with van der Waals surface area (Å²) in [5, 5.41) is 26.3. The van der Waals surface area contributed by atoms with Gasteiger partial charge in [0.05, 0.1) is 21.6 Å². The predicted octanol–water partition coefficient (Wildman–Crippen LogP) is 5.40. The third kappa shape index (κ3) is 4.84. The maximum Gasteiger partial charge on any atom is 0.321 e. The number of nitro groups is 2. The van der Waals surface area contributed by atoms with E-state index in [9.17, 15) is 20.2 Å². The molecule has 150 valence electrons. The van der Waals surface area contributed by atoms with Crippen LogP contribution in [-0.2, 0) is 0 Å². The van der Waals surface area contributed by atoms with Gasteiger partial charge < -0.3 is 4.84 Å². The lowest BCUT2D eigenvalue weighted by atomic mass is 9.75. The molecule has 0 radical (unpaired) electrons. The summed E-state index contributed by atoms with van der Waals surface area (Å²) in [5.74, 6) is 0.424. The van der Waals surface area contributed by atoms with Crippen molar-refractivity contribution in [2.75, 3.05) is 0 Å². The standard InChI is InChI=1S/C21H21N3O5/c1-2-6-17-13-16(15-7-4-3-5-8-15)9-11-19(17)22-29-21-12-10-18(23(25)26)14-20(21)24(27)28/h2-5,7-8,10,12,14,16-17H,1,6,9,11,13H2/b22-19-/t16-,17-/m0/s1. The summed E-state index contributed by atoms with van der Waals surface area (Å²) in [4.78, 5) is 26.1. The Kier molecular flexibility index (Phi) is 6.33. The molecule has 0 spiro atoms. The first-order chi connectivity index (χ1) is 14.0. The minimum atomic E-state index is -0.712. The van der Waals surface area contributed by atoms with Crippen LogP contribution in [0.15, 0.2) is 66.3 Å². The summed E-state index contributed by atoms with van der Waals surface area (Å²) in [6.07, 6.45) is 5.07. The lowest BCUT2D eigenvalue weighted by Crippen LogP contribution is -2.24. The zero-order valence-electron chi connectivity index (χ0n) is 15.8. The van der Waals surface area contributed by atoms with E-state index in [2.05, 4.69) is 23.9 Å². The number of hydrogen-bond acceptors (Lipinski definition) is 6. The molecule has 2 aromatic carbocycles. The van der Waals surface area contributed by atoms with E-state index in [1.165, 1.54) is 11.6 Å². The molecule has 1 fully saturated rings. The van der Waals surface area contributed by atoms with E-state index in [0.29, 0.717) is 12.3 Å². The highest BCUT2D eigenvalue weighted by Gasteiger charge is 2.28. The van der Waals surface area contributed by atoms with Crippen molar-refractivity contribution < 1.29 is 14.7 Å². The zero-order chi connectivity index (χ0) is 20.8. The zero-order valence-corrected chi connectivity index (χ0v) is 15.8. The predicted molar refractivity (Wildman–Crippen MR) is 109 cm³/mol. The third-order valence-electron chi connectivity index (χ3n) is 5.12. The fourth-order valence-electron chi connectivity index (χ4n) is 3.65. The van der Waals surface area contributed by atoms with Crippen LogP contribution in [0.4, 0.5) is 11.4 Å². The highest BCUT2D eigenvalue weighted by atomic mass is 16.7. The Labute approximate surface area is 167 Å². The van der Waals surface area contributed by atoms with Gasteiger partial charge in [0.1, 0.15) is 0 Å². The van der Waals surface area contributed by atoms with Gasteiger partial charge in [-0.2, -0.15) is 0 Å². The molecule has 0 N–H and O–H groups in total. The number of rotatable bonds is 7. The molecule has 1 aliphatic carbocycles. The average molecular weight is 395 g/mol. The Balaban J connectivity index is 1.80. The topological polar surface area (TPSA) is 108 Å². The van der Waals surface area contributed by atoms with Gasteiger partial charge in [-0.25, -0.2) is 0 Å². The van der Waals surface area contributed by atoms with Crippen molar-refractivity contribution in [1.82, 2.24) is 0 Å². The monoisotopic (exact) mass is 395 g/mol. The Morgan fingerprint density at radius 1 is 1.14 bits per heavy atom. The van der Waals surface area contributed by atoms with E-state index in [1.807, 2.05) is 24.3 Å². The van der Waals surface area contributed by atoms with Gasteiger partial charge in [0, 0.05) is 12.0 Å². The molecule has 0 saturated heterocycles. The van der Waals surface area contributed by atoms with E-state index >= 15 is 0 Å². The molecule has 0 aromatic heterocycles. The summed E-state index contributed by atoms with van der Waals surface area (Å²) in [6, 6.07) is 13.5. The smallest absolute Gasteiger partial charge is 0.321 e. The highest BCUT2D eigenvalue weighted by molar-refractivity contribution is 5.87. The van der Waals surface area contributed by atoms with Crippen molar-refractivity contribution in [3.63, 3.8) is 0 Å². The summed E-state index contributed by atoms with van der Waals surface area (Å²) >= 11 is 0. The highest BCUT2D eigenvalue weighted by Crippen LogP contribution is 2.37. The minimum Gasteiger partial charge on any atom is -0.350 e. The molecule has 0 bridgehead atoms. The van der Waals surface area contributed by atoms with Crippen LogP contribution in [0.3, 0.4) is 0 Å². The molecule has 0 unspecified atom stereocenters. The van der Waals surface area contributed by atoms with Crippen LogP contribution >= 0.6 is 0 Å². The van der Waals surface area contributed by atoms with Crippen LogP contribution in [-0.4, -0.2) is 15.6 Å². The third-order valence-corrected chi connectivity index (χ3v) is 5.12. The van der Waals surface area contributed by atoms with Gasteiger partial charge in [0.25, 0.3) is 5.69 Å². The van der Waals surface area contributed by atoms with E-state index < -0.39 is 15.5 Å². The van der Waals surface area contributed by atoms with Crippen molar-refractivity contribution in [3.05, 3.63) is 87.0 Å². The van der Waals surface area contributed by atoms with Gasteiger partial charge in [0.2, 0.25) is 5.75 Å². The van der Waals surface area contributed by atoms with Crippen LogP contribution in [0.25, 0.3) is 0 Å². The maximum atomic E-state index is 11.3. The minimum absolute atomic E-state index is 0.115. The van der Waals surface area contributed by atoms with Crippen LogP contribution < -0.4 is 4.84 Å². The first-order valence-electron chi connectivity index (χ1n) is 9.32. The van der Waals surface area contributed by atoms with Crippen molar-refractivity contribution in [2.24, 2.45) is 11.1 Å². The van der Waals surface area contributed by atoms with Crippen molar-refractivity contribution >= 4 is 17.1 Å². The first kappa shape index (κ1) is 20.2. The second-order valence-corrected chi connectivity index (χ2v) is 6.94. The normalized spacial score (nSPS) is 20.2. The summed E-state index contributed by atoms with van der Waals surface area (Å²) in [6.45, 7) is 3.82. The van der Waals surface area contributed by atoms with E-state index in [0.717, 1.165) is 37.1 Å². The SMILES string of the molecule is C=CC[C@H]1C[C@@H](c2ccccc2)CC/C1=N/Oc1ccc([N+](=O)[O-])cc1[N+](=O)[O-]. The van der Waals surface area contributed by atoms with Crippen molar-refractivity contribution in [1.29, 1.82) is 0 Å². The molecule has 0 amide bonds. The van der Waals surface area contributed by atoms with E-state index in [1.54, 1.807) is 0 Å². The fourth-order valence-corrected chi connectivity index (χ4v) is 3.65. The number of allylic oxidation sites excluding steroid dienone is 1. The Morgan fingerprint density at radius 2 is 1.90 bits per heavy atom. The maximum absolute atomic E-state index is 11.3. The lowest BCUT2D eigenvalue weighted by molar-refractivity contribution is -0.394. The molecule has 0 aliphatic heterocycles. The van der Waals surface area contributed by atoms with Gasteiger partial charge in [-0.15, -0.1) is 6.58 Å². The van der Waals surface area contributed by atoms with Gasteiger partial charge in [-0.3, -0.25) is 20.2 Å². The van der Waals surface area contributed by atoms with Crippen molar-refractivity contribution in [3.8, 4) is 5.75 Å². The number of oxime groups is 1. The number of nitro benzene ring substituents is 2. The molecule has 29 heavy (non-hydrogen) atoms.